The van der Waals surface area contributed by atoms with Gasteiger partial charge in [-0.1, -0.05) is 0 Å². The van der Waals surface area contributed by atoms with Crippen molar-refractivity contribution in [3.63, 3.8) is 0 Å². The van der Waals surface area contributed by atoms with Gasteiger partial charge in [-0.15, -0.1) is 0 Å². The molecule has 0 aliphatic heterocycles. The molecule has 1 unspecified atom stereocenters. The molecule has 0 saturated heterocycles. The first kappa shape index (κ1) is 11.9. The molecule has 0 fully saturated rings. The highest BCUT2D eigenvalue weighted by Crippen LogP contribution is 2.21. The molecule has 1 rings (SSSR count). The molecule has 15 heavy (non-hydrogen) atoms. The predicted molar refractivity (Wildman–Crippen MR) is 62.5 cm³/mol. The van der Waals surface area contributed by atoms with Crippen molar-refractivity contribution < 1.29 is 9.84 Å². The third-order valence-corrected chi connectivity index (χ3v) is 2.29. The van der Waals surface area contributed by atoms with E-state index in [-0.39, 0.29) is 6.10 Å². The predicted octanol–water partition coefficient (Wildman–Crippen LogP) is 2.19. The quantitative estimate of drug-likeness (QED) is 0.781. The maximum atomic E-state index is 9.11. The van der Waals surface area contributed by atoms with Crippen molar-refractivity contribution in [2.75, 3.05) is 19.0 Å². The zero-order chi connectivity index (χ0) is 11.3. The molecule has 0 bridgehead atoms. The van der Waals surface area contributed by atoms with Crippen molar-refractivity contribution in [2.24, 2.45) is 0 Å². The topological polar surface area (TPSA) is 41.5 Å². The number of aliphatic hydroxyl groups is 1. The Bertz CT molecular complexity index is 310. The molecule has 0 aromatic heterocycles. The maximum absolute atomic E-state index is 9.11. The molecule has 1 aromatic rings. The first-order valence-electron chi connectivity index (χ1n) is 5.20. The van der Waals surface area contributed by atoms with E-state index in [1.165, 1.54) is 0 Å². The summed E-state index contributed by atoms with van der Waals surface area (Å²) in [5.74, 6) is 0.899. The van der Waals surface area contributed by atoms with Crippen LogP contribution in [0.3, 0.4) is 0 Å². The van der Waals surface area contributed by atoms with Crippen LogP contribution < -0.4 is 10.1 Å². The summed E-state index contributed by atoms with van der Waals surface area (Å²) in [7, 11) is 1.67. The highest BCUT2D eigenvalue weighted by atomic mass is 16.5. The van der Waals surface area contributed by atoms with Crippen LogP contribution in [-0.4, -0.2) is 24.9 Å². The van der Waals surface area contributed by atoms with Crippen molar-refractivity contribution in [3.05, 3.63) is 23.8 Å². The molecular formula is C12H19NO2. The monoisotopic (exact) mass is 209 g/mol. The van der Waals surface area contributed by atoms with Crippen LogP contribution >= 0.6 is 0 Å². The number of anilines is 1. The summed E-state index contributed by atoms with van der Waals surface area (Å²) in [6, 6.07) is 5.97. The zero-order valence-electron chi connectivity index (χ0n) is 9.58. The Hall–Kier alpha value is -1.22. The van der Waals surface area contributed by atoms with Gasteiger partial charge >= 0.3 is 0 Å². The average molecular weight is 209 g/mol. The highest BCUT2D eigenvalue weighted by Gasteiger charge is 2.00. The van der Waals surface area contributed by atoms with Crippen LogP contribution in [0.25, 0.3) is 0 Å². The molecule has 1 atom stereocenters. The molecule has 0 heterocycles. The van der Waals surface area contributed by atoms with Gasteiger partial charge in [0.2, 0.25) is 0 Å². The second-order valence-electron chi connectivity index (χ2n) is 3.75. The van der Waals surface area contributed by atoms with E-state index in [0.29, 0.717) is 0 Å². The van der Waals surface area contributed by atoms with E-state index < -0.39 is 0 Å². The molecule has 0 spiro atoms. The number of aliphatic hydroxyl groups excluding tert-OH is 1. The lowest BCUT2D eigenvalue weighted by molar-refractivity contribution is 0.189. The molecule has 2 N–H and O–H groups in total. The summed E-state index contributed by atoms with van der Waals surface area (Å²) in [5.41, 5.74) is 2.17. The summed E-state index contributed by atoms with van der Waals surface area (Å²) in [6.07, 6.45) is 0.502. The Labute approximate surface area is 91.1 Å². The SMILES string of the molecule is COc1ccc(NCCC(C)O)cc1C. The van der Waals surface area contributed by atoms with Crippen LogP contribution in [0.4, 0.5) is 5.69 Å². The van der Waals surface area contributed by atoms with Crippen molar-refractivity contribution in [1.82, 2.24) is 0 Å². The summed E-state index contributed by atoms with van der Waals surface area (Å²) in [6.45, 7) is 4.59. The average Bonchev–Trinajstić information content (AvgIpc) is 2.17. The Morgan fingerprint density at radius 1 is 1.47 bits per heavy atom. The lowest BCUT2D eigenvalue weighted by atomic mass is 10.2. The molecule has 0 saturated carbocycles. The molecule has 1 aromatic carbocycles. The van der Waals surface area contributed by atoms with E-state index in [0.717, 1.165) is 30.0 Å². The Balaban J connectivity index is 2.52. The van der Waals surface area contributed by atoms with E-state index in [1.54, 1.807) is 14.0 Å². The van der Waals surface area contributed by atoms with Crippen LogP contribution in [-0.2, 0) is 0 Å². The Morgan fingerprint density at radius 3 is 2.73 bits per heavy atom. The first-order chi connectivity index (χ1) is 7.13. The number of hydrogen-bond acceptors (Lipinski definition) is 3. The lowest BCUT2D eigenvalue weighted by Gasteiger charge is -2.10. The number of benzene rings is 1. The normalized spacial score (nSPS) is 12.3. The van der Waals surface area contributed by atoms with Crippen LogP contribution in [0.15, 0.2) is 18.2 Å². The van der Waals surface area contributed by atoms with E-state index >= 15 is 0 Å². The maximum Gasteiger partial charge on any atom is 0.121 e. The molecule has 0 aliphatic carbocycles. The third-order valence-electron chi connectivity index (χ3n) is 2.29. The number of methoxy groups -OCH3 is 1. The second kappa shape index (κ2) is 5.61. The summed E-state index contributed by atoms with van der Waals surface area (Å²) in [5, 5.41) is 12.4. The largest absolute Gasteiger partial charge is 0.496 e. The lowest BCUT2D eigenvalue weighted by Crippen LogP contribution is -2.09. The van der Waals surface area contributed by atoms with Gasteiger partial charge in [-0.3, -0.25) is 0 Å². The van der Waals surface area contributed by atoms with E-state index in [2.05, 4.69) is 5.32 Å². The molecule has 0 amide bonds. The van der Waals surface area contributed by atoms with Crippen LogP contribution in [0.1, 0.15) is 18.9 Å². The van der Waals surface area contributed by atoms with Gasteiger partial charge < -0.3 is 15.2 Å². The van der Waals surface area contributed by atoms with Crippen molar-refractivity contribution in [3.8, 4) is 5.75 Å². The van der Waals surface area contributed by atoms with Crippen molar-refractivity contribution >= 4 is 5.69 Å². The van der Waals surface area contributed by atoms with Gasteiger partial charge in [-0.25, -0.2) is 0 Å². The van der Waals surface area contributed by atoms with Gasteiger partial charge in [0.1, 0.15) is 5.75 Å². The smallest absolute Gasteiger partial charge is 0.121 e. The van der Waals surface area contributed by atoms with Crippen molar-refractivity contribution in [1.29, 1.82) is 0 Å². The minimum Gasteiger partial charge on any atom is -0.496 e. The molecular weight excluding hydrogens is 190 g/mol. The van der Waals surface area contributed by atoms with Gasteiger partial charge in [0, 0.05) is 12.2 Å². The first-order valence-corrected chi connectivity index (χ1v) is 5.20. The van der Waals surface area contributed by atoms with Gasteiger partial charge in [0.05, 0.1) is 13.2 Å². The zero-order valence-corrected chi connectivity index (χ0v) is 9.58. The van der Waals surface area contributed by atoms with Crippen LogP contribution in [0.5, 0.6) is 5.75 Å². The van der Waals surface area contributed by atoms with Gasteiger partial charge in [0.15, 0.2) is 0 Å². The van der Waals surface area contributed by atoms with Gasteiger partial charge in [-0.2, -0.15) is 0 Å². The second-order valence-corrected chi connectivity index (χ2v) is 3.75. The van der Waals surface area contributed by atoms with Crippen LogP contribution in [0, 0.1) is 6.92 Å². The fourth-order valence-corrected chi connectivity index (χ4v) is 1.41. The Morgan fingerprint density at radius 2 is 2.20 bits per heavy atom. The molecule has 3 heteroatoms. The Kier molecular flexibility index (Phi) is 4.43. The molecule has 0 radical (unpaired) electrons. The molecule has 84 valence electrons. The summed E-state index contributed by atoms with van der Waals surface area (Å²) >= 11 is 0. The van der Waals surface area contributed by atoms with E-state index in [4.69, 9.17) is 9.84 Å². The number of nitrogens with one attached hydrogen (secondary N) is 1. The minimum absolute atomic E-state index is 0.253. The fourth-order valence-electron chi connectivity index (χ4n) is 1.41. The number of aryl methyl sites for hydroxylation is 1. The number of ether oxygens (including phenoxy) is 1. The number of hydrogen-bond donors (Lipinski definition) is 2. The van der Waals surface area contributed by atoms with Crippen LogP contribution in [0.2, 0.25) is 0 Å². The fraction of sp³-hybridized carbons (Fsp3) is 0.500. The highest BCUT2D eigenvalue weighted by molar-refractivity contribution is 5.50. The third kappa shape index (κ3) is 3.80. The minimum atomic E-state index is -0.253. The standard InChI is InChI=1S/C12H19NO2/c1-9-8-11(4-5-12(9)15-3)13-7-6-10(2)14/h4-5,8,10,13-14H,6-7H2,1-3H3. The molecule has 3 nitrogen and oxygen atoms in total. The molecule has 0 aliphatic rings. The number of rotatable bonds is 5. The van der Waals surface area contributed by atoms with Crippen molar-refractivity contribution in [2.45, 2.75) is 26.4 Å². The summed E-state index contributed by atoms with van der Waals surface area (Å²) < 4.78 is 5.17. The van der Waals surface area contributed by atoms with Gasteiger partial charge in [0.25, 0.3) is 0 Å². The van der Waals surface area contributed by atoms with Gasteiger partial charge in [-0.05, 0) is 44.0 Å². The summed E-state index contributed by atoms with van der Waals surface area (Å²) in [4.78, 5) is 0. The van der Waals surface area contributed by atoms with E-state index in [1.807, 2.05) is 25.1 Å². The van der Waals surface area contributed by atoms with E-state index in [9.17, 15) is 0 Å².